The summed E-state index contributed by atoms with van der Waals surface area (Å²) in [6.45, 7) is 3.19. The van der Waals surface area contributed by atoms with Gasteiger partial charge < -0.3 is 10.1 Å². The molecule has 0 aliphatic rings. The summed E-state index contributed by atoms with van der Waals surface area (Å²) in [6.07, 6.45) is 7.66. The molecule has 3 aromatic rings. The summed E-state index contributed by atoms with van der Waals surface area (Å²) in [7, 11) is 1.42. The first-order chi connectivity index (χ1) is 14.2. The fraction of sp³-hybridized carbons (Fsp3) is 0.375. The van der Waals surface area contributed by atoms with Crippen LogP contribution in [0.5, 0.6) is 0 Å². The maximum Gasteiger partial charge on any atom is 0.337 e. The van der Waals surface area contributed by atoms with Gasteiger partial charge >= 0.3 is 5.97 Å². The highest BCUT2D eigenvalue weighted by Crippen LogP contribution is 2.39. The number of unbranched alkanes of at least 4 members (excludes halogenated alkanes) is 5. The summed E-state index contributed by atoms with van der Waals surface area (Å²) >= 11 is 3.50. The first-order valence-electron chi connectivity index (χ1n) is 10.3. The zero-order valence-corrected chi connectivity index (χ0v) is 18.8. The molecule has 154 valence electrons. The molecule has 1 aromatic carbocycles. The van der Waals surface area contributed by atoms with Crippen LogP contribution in [0.1, 0.15) is 55.8 Å². The molecule has 0 radical (unpaired) electrons. The van der Waals surface area contributed by atoms with Crippen molar-refractivity contribution in [2.45, 2.75) is 45.4 Å². The molecule has 29 heavy (non-hydrogen) atoms. The Morgan fingerprint density at radius 1 is 0.966 bits per heavy atom. The Hall–Kier alpha value is -2.11. The van der Waals surface area contributed by atoms with Crippen LogP contribution < -0.4 is 5.32 Å². The average molecular weight is 428 g/mol. The van der Waals surface area contributed by atoms with E-state index < -0.39 is 0 Å². The fourth-order valence-corrected chi connectivity index (χ4v) is 5.18. The number of hydrogen-bond acceptors (Lipinski definition) is 5. The minimum Gasteiger partial charge on any atom is -0.465 e. The van der Waals surface area contributed by atoms with Crippen molar-refractivity contribution in [3.63, 3.8) is 0 Å². The minimum atomic E-state index is -0.302. The molecule has 3 nitrogen and oxygen atoms in total. The van der Waals surface area contributed by atoms with Crippen LogP contribution in [-0.2, 0) is 4.74 Å². The van der Waals surface area contributed by atoms with Gasteiger partial charge in [0.05, 0.1) is 12.7 Å². The molecule has 2 heterocycles. The van der Waals surface area contributed by atoms with Crippen LogP contribution in [0.2, 0.25) is 0 Å². The molecule has 0 unspecified atom stereocenters. The Morgan fingerprint density at radius 2 is 1.76 bits per heavy atom. The lowest BCUT2D eigenvalue weighted by molar-refractivity contribution is 0.0601. The quantitative estimate of drug-likeness (QED) is 0.252. The largest absolute Gasteiger partial charge is 0.465 e. The normalized spacial score (nSPS) is 10.8. The Bertz CT molecular complexity index is 900. The van der Waals surface area contributed by atoms with Gasteiger partial charge in [-0.2, -0.15) is 0 Å². The predicted octanol–water partition coefficient (Wildman–Crippen LogP) is 7.70. The van der Waals surface area contributed by atoms with Gasteiger partial charge in [0.25, 0.3) is 0 Å². The molecule has 3 rings (SSSR count). The lowest BCUT2D eigenvalue weighted by Gasteiger charge is -2.13. The van der Waals surface area contributed by atoms with Crippen LogP contribution in [0.4, 0.5) is 5.69 Å². The molecule has 0 amide bonds. The van der Waals surface area contributed by atoms with E-state index in [-0.39, 0.29) is 5.97 Å². The molecule has 0 saturated heterocycles. The van der Waals surface area contributed by atoms with Gasteiger partial charge in [0.2, 0.25) is 0 Å². The Labute approximate surface area is 181 Å². The van der Waals surface area contributed by atoms with Crippen molar-refractivity contribution in [3.8, 4) is 20.2 Å². The molecule has 0 aliphatic carbocycles. The highest BCUT2D eigenvalue weighted by Gasteiger charge is 2.14. The average Bonchev–Trinajstić information content (AvgIpc) is 3.44. The van der Waals surface area contributed by atoms with Crippen LogP contribution in [0.25, 0.3) is 20.2 Å². The van der Waals surface area contributed by atoms with E-state index >= 15 is 0 Å². The number of rotatable bonds is 11. The van der Waals surface area contributed by atoms with Crippen molar-refractivity contribution in [3.05, 3.63) is 53.4 Å². The van der Waals surface area contributed by atoms with Crippen molar-refractivity contribution in [1.82, 2.24) is 0 Å². The third-order valence-electron chi connectivity index (χ3n) is 4.92. The number of hydrogen-bond donors (Lipinski definition) is 1. The number of ether oxygens (including phenoxy) is 1. The predicted molar refractivity (Wildman–Crippen MR) is 126 cm³/mol. The number of thiophene rings is 2. The summed E-state index contributed by atoms with van der Waals surface area (Å²) in [5.41, 5.74) is 2.72. The monoisotopic (exact) mass is 427 g/mol. The summed E-state index contributed by atoms with van der Waals surface area (Å²) < 4.78 is 4.92. The van der Waals surface area contributed by atoms with Crippen molar-refractivity contribution < 1.29 is 9.53 Å². The van der Waals surface area contributed by atoms with Gasteiger partial charge in [0.15, 0.2) is 0 Å². The zero-order chi connectivity index (χ0) is 20.5. The molecule has 2 aromatic heterocycles. The van der Waals surface area contributed by atoms with Crippen LogP contribution in [-0.4, -0.2) is 19.6 Å². The minimum absolute atomic E-state index is 0.302. The van der Waals surface area contributed by atoms with Gasteiger partial charge in [-0.05, 0) is 48.2 Å². The Kier molecular flexibility index (Phi) is 8.32. The number of methoxy groups -OCH3 is 1. The summed E-state index contributed by atoms with van der Waals surface area (Å²) in [5.74, 6) is -0.302. The molecular formula is C24H29NO2S2. The standard InChI is InChI=1S/C24H29NO2S2/c1-3-4-5-6-7-8-15-25-20-12-11-18(24(26)27-2)17-19(20)21-13-14-23(29-21)22-10-9-16-28-22/h9-14,16-17,25H,3-8,15H2,1-2H3. The number of carbonyl (C=O) groups is 1. The molecule has 1 N–H and O–H groups in total. The molecule has 5 heteroatoms. The summed E-state index contributed by atoms with van der Waals surface area (Å²) in [4.78, 5) is 15.7. The van der Waals surface area contributed by atoms with E-state index in [1.165, 1.54) is 49.0 Å². The van der Waals surface area contributed by atoms with Gasteiger partial charge in [-0.25, -0.2) is 4.79 Å². The number of nitrogens with one attached hydrogen (secondary N) is 1. The highest BCUT2D eigenvalue weighted by atomic mass is 32.1. The highest BCUT2D eigenvalue weighted by molar-refractivity contribution is 7.23. The zero-order valence-electron chi connectivity index (χ0n) is 17.2. The summed E-state index contributed by atoms with van der Waals surface area (Å²) in [5, 5.41) is 5.69. The van der Waals surface area contributed by atoms with Crippen LogP contribution in [0.3, 0.4) is 0 Å². The first-order valence-corrected chi connectivity index (χ1v) is 12.0. The van der Waals surface area contributed by atoms with Crippen LogP contribution in [0, 0.1) is 0 Å². The van der Waals surface area contributed by atoms with E-state index in [1.54, 1.807) is 22.7 Å². The molecule has 0 saturated carbocycles. The van der Waals surface area contributed by atoms with E-state index in [9.17, 15) is 4.79 Å². The van der Waals surface area contributed by atoms with E-state index in [2.05, 4.69) is 41.9 Å². The van der Waals surface area contributed by atoms with Gasteiger partial charge in [-0.15, -0.1) is 22.7 Å². The van der Waals surface area contributed by atoms with E-state index in [0.29, 0.717) is 5.56 Å². The fourth-order valence-electron chi connectivity index (χ4n) is 3.31. The van der Waals surface area contributed by atoms with Crippen molar-refractivity contribution in [2.24, 2.45) is 0 Å². The second-order valence-corrected chi connectivity index (χ2v) is 9.12. The maximum absolute atomic E-state index is 12.0. The number of carbonyl (C=O) groups excluding carboxylic acids is 1. The molecule has 0 bridgehead atoms. The molecule has 0 aliphatic heterocycles. The SMILES string of the molecule is CCCCCCCCNc1ccc(C(=O)OC)cc1-c1ccc(-c2cccs2)s1. The van der Waals surface area contributed by atoms with Gasteiger partial charge in [-0.1, -0.05) is 45.1 Å². The van der Waals surface area contributed by atoms with Crippen molar-refractivity contribution in [1.29, 1.82) is 0 Å². The van der Waals surface area contributed by atoms with Crippen molar-refractivity contribution in [2.75, 3.05) is 19.0 Å². The molecular weight excluding hydrogens is 398 g/mol. The van der Waals surface area contributed by atoms with Gasteiger partial charge in [0.1, 0.15) is 0 Å². The van der Waals surface area contributed by atoms with Gasteiger partial charge in [-0.3, -0.25) is 0 Å². The third-order valence-corrected chi connectivity index (χ3v) is 7.11. The van der Waals surface area contributed by atoms with E-state index in [4.69, 9.17) is 4.74 Å². The number of anilines is 1. The molecule has 0 atom stereocenters. The third kappa shape index (κ3) is 5.94. The first kappa shape index (κ1) is 21.6. The van der Waals surface area contributed by atoms with Crippen molar-refractivity contribution >= 4 is 34.3 Å². The maximum atomic E-state index is 12.0. The van der Waals surface area contributed by atoms with Crippen LogP contribution in [0.15, 0.2) is 47.8 Å². The molecule has 0 fully saturated rings. The lowest BCUT2D eigenvalue weighted by Crippen LogP contribution is -2.05. The van der Waals surface area contributed by atoms with E-state index in [0.717, 1.165) is 29.1 Å². The van der Waals surface area contributed by atoms with E-state index in [1.807, 2.05) is 18.2 Å². The number of benzene rings is 1. The Morgan fingerprint density at radius 3 is 2.52 bits per heavy atom. The van der Waals surface area contributed by atoms with Gasteiger partial charge in [0, 0.05) is 32.4 Å². The second-order valence-electron chi connectivity index (χ2n) is 7.09. The Balaban J connectivity index is 1.75. The number of esters is 1. The second kappa shape index (κ2) is 11.2. The van der Waals surface area contributed by atoms with Crippen LogP contribution >= 0.6 is 22.7 Å². The topological polar surface area (TPSA) is 38.3 Å². The summed E-state index contributed by atoms with van der Waals surface area (Å²) in [6, 6.07) is 14.3. The molecule has 0 spiro atoms. The smallest absolute Gasteiger partial charge is 0.337 e. The lowest BCUT2D eigenvalue weighted by atomic mass is 10.1.